The van der Waals surface area contributed by atoms with Gasteiger partial charge in [0.2, 0.25) is 0 Å². The van der Waals surface area contributed by atoms with Gasteiger partial charge in [-0.05, 0) is 45.0 Å². The van der Waals surface area contributed by atoms with Crippen molar-refractivity contribution in [2.75, 3.05) is 19.8 Å². The van der Waals surface area contributed by atoms with Gasteiger partial charge in [0.05, 0.1) is 6.61 Å². The van der Waals surface area contributed by atoms with E-state index in [1.807, 2.05) is 6.92 Å². The van der Waals surface area contributed by atoms with Gasteiger partial charge >= 0.3 is 0 Å². The number of halogens is 1. The Labute approximate surface area is 120 Å². The molecule has 1 aromatic rings. The van der Waals surface area contributed by atoms with Gasteiger partial charge in [0, 0.05) is 24.6 Å². The summed E-state index contributed by atoms with van der Waals surface area (Å²) in [7, 11) is 0. The molecule has 1 aromatic carbocycles. The largest absolute Gasteiger partial charge is 0.485 e. The summed E-state index contributed by atoms with van der Waals surface area (Å²) < 4.78 is 25.1. The molecule has 0 fully saturated rings. The van der Waals surface area contributed by atoms with E-state index in [0.717, 1.165) is 30.7 Å². The third-order valence-electron chi connectivity index (χ3n) is 3.59. The molecule has 1 aliphatic rings. The molecule has 3 nitrogen and oxygen atoms in total. The van der Waals surface area contributed by atoms with Crippen molar-refractivity contribution in [2.24, 2.45) is 0 Å². The number of fused-ring (bicyclic) bond motifs is 1. The zero-order valence-corrected chi connectivity index (χ0v) is 12.5. The average Bonchev–Trinajstić information content (AvgIpc) is 2.43. The molecule has 0 saturated carbocycles. The molecule has 2 unspecified atom stereocenters. The molecule has 20 heavy (non-hydrogen) atoms. The van der Waals surface area contributed by atoms with E-state index >= 15 is 0 Å². The van der Waals surface area contributed by atoms with E-state index in [1.165, 1.54) is 6.07 Å². The molecule has 0 aliphatic carbocycles. The van der Waals surface area contributed by atoms with Crippen LogP contribution in [0.25, 0.3) is 0 Å². The van der Waals surface area contributed by atoms with Crippen LogP contribution in [0.2, 0.25) is 0 Å². The van der Waals surface area contributed by atoms with E-state index in [-0.39, 0.29) is 17.5 Å². The molecule has 1 heterocycles. The fourth-order valence-corrected chi connectivity index (χ4v) is 2.64. The molecule has 2 atom stereocenters. The Morgan fingerprint density at radius 1 is 1.45 bits per heavy atom. The molecule has 0 aromatic heterocycles. The van der Waals surface area contributed by atoms with Crippen LogP contribution in [0.4, 0.5) is 4.39 Å². The zero-order valence-electron chi connectivity index (χ0n) is 12.5. The molecular weight excluding hydrogens is 257 g/mol. The van der Waals surface area contributed by atoms with E-state index in [4.69, 9.17) is 9.47 Å². The topological polar surface area (TPSA) is 30.5 Å². The van der Waals surface area contributed by atoms with Crippen molar-refractivity contribution in [1.29, 1.82) is 0 Å². The minimum absolute atomic E-state index is 0.111. The smallest absolute Gasteiger partial charge is 0.131 e. The van der Waals surface area contributed by atoms with Crippen LogP contribution in [-0.4, -0.2) is 25.4 Å². The second-order valence-corrected chi connectivity index (χ2v) is 5.58. The van der Waals surface area contributed by atoms with Crippen molar-refractivity contribution in [2.45, 2.75) is 45.3 Å². The first-order valence-electron chi connectivity index (χ1n) is 7.37. The lowest BCUT2D eigenvalue weighted by atomic mass is 9.88. The summed E-state index contributed by atoms with van der Waals surface area (Å²) in [5.41, 5.74) is 0.541. The Balaban J connectivity index is 2.24. The van der Waals surface area contributed by atoms with E-state index in [2.05, 4.69) is 19.2 Å². The summed E-state index contributed by atoms with van der Waals surface area (Å²) in [5, 5.41) is 3.48. The molecule has 0 bridgehead atoms. The monoisotopic (exact) mass is 281 g/mol. The van der Waals surface area contributed by atoms with Gasteiger partial charge in [0.1, 0.15) is 17.2 Å². The van der Waals surface area contributed by atoms with Gasteiger partial charge in [-0.25, -0.2) is 4.39 Å². The van der Waals surface area contributed by atoms with E-state index in [9.17, 15) is 4.39 Å². The Kier molecular flexibility index (Phi) is 5.00. The highest BCUT2D eigenvalue weighted by Crippen LogP contribution is 2.40. The highest BCUT2D eigenvalue weighted by atomic mass is 19.1. The van der Waals surface area contributed by atoms with Crippen LogP contribution >= 0.6 is 0 Å². The maximum atomic E-state index is 13.5. The van der Waals surface area contributed by atoms with Gasteiger partial charge in [-0.2, -0.15) is 0 Å². The minimum Gasteiger partial charge on any atom is -0.485 e. The second kappa shape index (κ2) is 6.55. The van der Waals surface area contributed by atoms with Crippen LogP contribution in [-0.2, 0) is 4.74 Å². The highest BCUT2D eigenvalue weighted by molar-refractivity contribution is 5.39. The molecule has 1 aliphatic heterocycles. The first-order valence-corrected chi connectivity index (χ1v) is 7.37. The molecule has 2 rings (SSSR count). The average molecular weight is 281 g/mol. The van der Waals surface area contributed by atoms with Gasteiger partial charge in [0.25, 0.3) is 0 Å². The number of ether oxygens (including phenoxy) is 2. The standard InChI is InChI=1S/C16H24FNO2/c1-4-8-18-14-10-16(3,11-19-5-2)20-15-7-6-12(17)9-13(14)15/h6-7,9,14,18H,4-5,8,10-11H2,1-3H3. The van der Waals surface area contributed by atoms with Crippen molar-refractivity contribution < 1.29 is 13.9 Å². The van der Waals surface area contributed by atoms with Crippen molar-refractivity contribution in [3.8, 4) is 5.75 Å². The zero-order chi connectivity index (χ0) is 14.6. The van der Waals surface area contributed by atoms with Crippen LogP contribution in [0, 0.1) is 5.82 Å². The summed E-state index contributed by atoms with van der Waals surface area (Å²) >= 11 is 0. The highest BCUT2D eigenvalue weighted by Gasteiger charge is 2.37. The lowest BCUT2D eigenvalue weighted by molar-refractivity contribution is -0.0332. The first kappa shape index (κ1) is 15.3. The summed E-state index contributed by atoms with van der Waals surface area (Å²) in [6.07, 6.45) is 1.83. The van der Waals surface area contributed by atoms with Gasteiger partial charge in [0.15, 0.2) is 0 Å². The predicted molar refractivity (Wildman–Crippen MR) is 77.6 cm³/mol. The minimum atomic E-state index is -0.369. The Morgan fingerprint density at radius 3 is 2.95 bits per heavy atom. The van der Waals surface area contributed by atoms with Crippen LogP contribution in [0.1, 0.15) is 45.2 Å². The van der Waals surface area contributed by atoms with Crippen LogP contribution in [0.3, 0.4) is 0 Å². The summed E-state index contributed by atoms with van der Waals surface area (Å²) in [4.78, 5) is 0. The van der Waals surface area contributed by atoms with Crippen LogP contribution in [0.5, 0.6) is 5.75 Å². The maximum Gasteiger partial charge on any atom is 0.131 e. The predicted octanol–water partition coefficient (Wildman–Crippen LogP) is 3.44. The Morgan fingerprint density at radius 2 is 2.25 bits per heavy atom. The van der Waals surface area contributed by atoms with Gasteiger partial charge < -0.3 is 14.8 Å². The van der Waals surface area contributed by atoms with Crippen LogP contribution in [0.15, 0.2) is 18.2 Å². The molecule has 1 N–H and O–H groups in total. The SMILES string of the molecule is CCCNC1CC(C)(COCC)Oc2ccc(F)cc21. The van der Waals surface area contributed by atoms with E-state index in [1.54, 1.807) is 12.1 Å². The number of benzene rings is 1. The molecule has 0 spiro atoms. The van der Waals surface area contributed by atoms with Crippen molar-refractivity contribution in [3.05, 3.63) is 29.6 Å². The van der Waals surface area contributed by atoms with Crippen molar-refractivity contribution in [1.82, 2.24) is 5.32 Å². The quantitative estimate of drug-likeness (QED) is 0.866. The summed E-state index contributed by atoms with van der Waals surface area (Å²) in [6.45, 7) is 8.27. The fraction of sp³-hybridized carbons (Fsp3) is 0.625. The van der Waals surface area contributed by atoms with Gasteiger partial charge in [-0.1, -0.05) is 6.92 Å². The number of hydrogen-bond donors (Lipinski definition) is 1. The molecular formula is C16H24FNO2. The normalized spacial score (nSPS) is 25.1. The molecule has 0 saturated heterocycles. The molecule has 0 radical (unpaired) electrons. The van der Waals surface area contributed by atoms with Gasteiger partial charge in [-0.3, -0.25) is 0 Å². The fourth-order valence-electron chi connectivity index (χ4n) is 2.64. The maximum absolute atomic E-state index is 13.5. The summed E-state index contributed by atoms with van der Waals surface area (Å²) in [5.74, 6) is 0.539. The third kappa shape index (κ3) is 3.49. The number of hydrogen-bond acceptors (Lipinski definition) is 3. The van der Waals surface area contributed by atoms with Crippen molar-refractivity contribution >= 4 is 0 Å². The van der Waals surface area contributed by atoms with Gasteiger partial charge in [-0.15, -0.1) is 0 Å². The first-order chi connectivity index (χ1) is 9.58. The Bertz CT molecular complexity index is 452. The third-order valence-corrected chi connectivity index (χ3v) is 3.59. The lowest BCUT2D eigenvalue weighted by Gasteiger charge is -2.40. The molecule has 112 valence electrons. The van der Waals surface area contributed by atoms with Crippen LogP contribution < -0.4 is 10.1 Å². The Hall–Kier alpha value is -1.13. The number of rotatable bonds is 6. The summed E-state index contributed by atoms with van der Waals surface area (Å²) in [6, 6.07) is 4.85. The van der Waals surface area contributed by atoms with Crippen molar-refractivity contribution in [3.63, 3.8) is 0 Å². The molecule has 0 amide bonds. The van der Waals surface area contributed by atoms with E-state index in [0.29, 0.717) is 13.2 Å². The second-order valence-electron chi connectivity index (χ2n) is 5.58. The number of nitrogens with one attached hydrogen (secondary N) is 1. The lowest BCUT2D eigenvalue weighted by Crippen LogP contribution is -2.45. The van der Waals surface area contributed by atoms with E-state index < -0.39 is 0 Å². The molecule has 4 heteroatoms.